The van der Waals surface area contributed by atoms with Crippen molar-refractivity contribution in [1.29, 1.82) is 0 Å². The number of aliphatic imine (C=N–C) groups is 1. The van der Waals surface area contributed by atoms with E-state index in [2.05, 4.69) is 55.8 Å². The first-order valence-electron chi connectivity index (χ1n) is 7.43. The topological polar surface area (TPSA) is 36.4 Å². The lowest BCUT2D eigenvalue weighted by Crippen LogP contribution is -2.42. The van der Waals surface area contributed by atoms with E-state index in [0.29, 0.717) is 0 Å². The molecule has 2 aliphatic carbocycles. The van der Waals surface area contributed by atoms with Crippen LogP contribution >= 0.6 is 15.9 Å². The van der Waals surface area contributed by atoms with Crippen LogP contribution in [0, 0.1) is 5.92 Å². The van der Waals surface area contributed by atoms with E-state index in [0.717, 1.165) is 25.0 Å². The van der Waals surface area contributed by atoms with Crippen molar-refractivity contribution in [2.75, 3.05) is 20.1 Å². The maximum absolute atomic E-state index is 4.32. The average Bonchev–Trinajstić information content (AvgIpc) is 3.35. The molecule has 0 bridgehead atoms. The molecule has 0 aromatic heterocycles. The normalized spacial score (nSPS) is 20.6. The van der Waals surface area contributed by atoms with Crippen LogP contribution in [0.4, 0.5) is 0 Å². The molecule has 2 saturated carbocycles. The van der Waals surface area contributed by atoms with Crippen molar-refractivity contribution in [3.05, 3.63) is 34.3 Å². The Morgan fingerprint density at radius 1 is 1.30 bits per heavy atom. The molecule has 108 valence electrons. The van der Waals surface area contributed by atoms with Crippen molar-refractivity contribution >= 4 is 21.9 Å². The largest absolute Gasteiger partial charge is 0.356 e. The lowest BCUT2D eigenvalue weighted by atomic mass is 9.96. The Labute approximate surface area is 129 Å². The van der Waals surface area contributed by atoms with Crippen molar-refractivity contribution in [2.45, 2.75) is 31.1 Å². The number of guanidine groups is 1. The number of halogens is 1. The van der Waals surface area contributed by atoms with Crippen LogP contribution in [0.25, 0.3) is 0 Å². The monoisotopic (exact) mass is 335 g/mol. The van der Waals surface area contributed by atoms with Gasteiger partial charge < -0.3 is 10.6 Å². The molecule has 0 radical (unpaired) electrons. The number of nitrogens with zero attached hydrogens (tertiary/aromatic N) is 1. The number of hydrogen-bond donors (Lipinski definition) is 2. The Morgan fingerprint density at radius 3 is 2.65 bits per heavy atom. The highest BCUT2D eigenvalue weighted by molar-refractivity contribution is 9.10. The predicted octanol–water partition coefficient (Wildman–Crippen LogP) is 3.06. The quantitative estimate of drug-likeness (QED) is 0.640. The van der Waals surface area contributed by atoms with Crippen LogP contribution in [0.5, 0.6) is 0 Å². The van der Waals surface area contributed by atoms with Crippen LogP contribution in [-0.2, 0) is 5.41 Å². The Balaban J connectivity index is 1.58. The fourth-order valence-electron chi connectivity index (χ4n) is 2.62. The van der Waals surface area contributed by atoms with E-state index in [9.17, 15) is 0 Å². The maximum atomic E-state index is 4.32. The third kappa shape index (κ3) is 3.17. The van der Waals surface area contributed by atoms with Crippen LogP contribution in [0.1, 0.15) is 31.2 Å². The van der Waals surface area contributed by atoms with Crippen LogP contribution in [-0.4, -0.2) is 26.1 Å². The second kappa shape index (κ2) is 5.76. The molecule has 1 aromatic rings. The Hall–Kier alpha value is -1.03. The highest BCUT2D eigenvalue weighted by Crippen LogP contribution is 2.49. The van der Waals surface area contributed by atoms with Gasteiger partial charge in [0.25, 0.3) is 0 Å². The minimum Gasteiger partial charge on any atom is -0.356 e. The molecular weight excluding hydrogens is 314 g/mol. The minimum absolute atomic E-state index is 0.289. The standard InChI is InChI=1S/C16H22BrN3/c1-18-15(19-10-12-6-7-12)20-11-16(8-9-16)13-4-2-3-5-14(13)17/h2-5,12H,6-11H2,1H3,(H2,18,19,20). The molecule has 4 heteroatoms. The van der Waals surface area contributed by atoms with Gasteiger partial charge in [-0.15, -0.1) is 0 Å². The molecule has 2 N–H and O–H groups in total. The highest BCUT2D eigenvalue weighted by Gasteiger charge is 2.45. The summed E-state index contributed by atoms with van der Waals surface area (Å²) in [7, 11) is 1.85. The minimum atomic E-state index is 0.289. The van der Waals surface area contributed by atoms with Crippen molar-refractivity contribution in [3.8, 4) is 0 Å². The molecule has 20 heavy (non-hydrogen) atoms. The molecule has 0 aliphatic heterocycles. The third-order valence-electron chi connectivity index (χ3n) is 4.37. The molecule has 0 unspecified atom stereocenters. The molecule has 3 rings (SSSR count). The van der Waals surface area contributed by atoms with E-state index < -0.39 is 0 Å². The molecule has 1 aromatic carbocycles. The third-order valence-corrected chi connectivity index (χ3v) is 5.06. The van der Waals surface area contributed by atoms with Crippen LogP contribution < -0.4 is 10.6 Å². The summed E-state index contributed by atoms with van der Waals surface area (Å²) >= 11 is 3.68. The van der Waals surface area contributed by atoms with Gasteiger partial charge in [0.1, 0.15) is 0 Å². The molecule has 0 amide bonds. The summed E-state index contributed by atoms with van der Waals surface area (Å²) in [4.78, 5) is 4.32. The van der Waals surface area contributed by atoms with E-state index in [1.54, 1.807) is 0 Å². The van der Waals surface area contributed by atoms with Crippen molar-refractivity contribution in [3.63, 3.8) is 0 Å². The van der Waals surface area contributed by atoms with Gasteiger partial charge >= 0.3 is 0 Å². The summed E-state index contributed by atoms with van der Waals surface area (Å²) in [6.45, 7) is 2.02. The molecule has 0 heterocycles. The van der Waals surface area contributed by atoms with E-state index in [4.69, 9.17) is 0 Å². The molecule has 3 nitrogen and oxygen atoms in total. The summed E-state index contributed by atoms with van der Waals surface area (Å²) in [6, 6.07) is 8.57. The van der Waals surface area contributed by atoms with Crippen LogP contribution in [0.15, 0.2) is 33.7 Å². The Morgan fingerprint density at radius 2 is 2.05 bits per heavy atom. The van der Waals surface area contributed by atoms with Gasteiger partial charge in [0.05, 0.1) is 0 Å². The van der Waals surface area contributed by atoms with Crippen molar-refractivity contribution < 1.29 is 0 Å². The van der Waals surface area contributed by atoms with E-state index in [-0.39, 0.29) is 5.41 Å². The predicted molar refractivity (Wildman–Crippen MR) is 87.1 cm³/mol. The summed E-state index contributed by atoms with van der Waals surface area (Å²) in [5.74, 6) is 1.81. The zero-order valence-corrected chi connectivity index (χ0v) is 13.5. The van der Waals surface area contributed by atoms with Crippen LogP contribution in [0.2, 0.25) is 0 Å². The SMILES string of the molecule is CN=C(NCC1CC1)NCC1(c2ccccc2Br)CC1. The Bertz CT molecular complexity index is 504. The van der Waals surface area contributed by atoms with Gasteiger partial charge in [-0.2, -0.15) is 0 Å². The summed E-state index contributed by atoms with van der Waals surface area (Å²) in [5, 5.41) is 6.92. The van der Waals surface area contributed by atoms with E-state index >= 15 is 0 Å². The van der Waals surface area contributed by atoms with Gasteiger partial charge in [0.2, 0.25) is 0 Å². The lowest BCUT2D eigenvalue weighted by molar-refractivity contribution is 0.638. The maximum Gasteiger partial charge on any atom is 0.191 e. The highest BCUT2D eigenvalue weighted by atomic mass is 79.9. The average molecular weight is 336 g/mol. The number of rotatable bonds is 5. The Kier molecular flexibility index (Phi) is 4.01. The smallest absolute Gasteiger partial charge is 0.191 e. The van der Waals surface area contributed by atoms with Gasteiger partial charge in [-0.3, -0.25) is 4.99 Å². The molecule has 0 saturated heterocycles. The van der Waals surface area contributed by atoms with Gasteiger partial charge in [-0.05, 0) is 43.2 Å². The van der Waals surface area contributed by atoms with Crippen LogP contribution in [0.3, 0.4) is 0 Å². The fourth-order valence-corrected chi connectivity index (χ4v) is 3.33. The first-order chi connectivity index (χ1) is 9.73. The first-order valence-corrected chi connectivity index (χ1v) is 8.22. The van der Waals surface area contributed by atoms with Crippen molar-refractivity contribution in [1.82, 2.24) is 10.6 Å². The molecule has 2 aliphatic rings. The number of nitrogens with one attached hydrogen (secondary N) is 2. The van der Waals surface area contributed by atoms with Gasteiger partial charge in [-0.1, -0.05) is 34.1 Å². The number of benzene rings is 1. The van der Waals surface area contributed by atoms with Gasteiger partial charge in [0, 0.05) is 30.0 Å². The second-order valence-electron chi connectivity index (χ2n) is 6.01. The molecule has 0 spiro atoms. The summed E-state index contributed by atoms with van der Waals surface area (Å²) in [6.07, 6.45) is 5.24. The first kappa shape index (κ1) is 13.9. The zero-order chi connectivity index (χ0) is 14.0. The van der Waals surface area contributed by atoms with Crippen molar-refractivity contribution in [2.24, 2.45) is 10.9 Å². The van der Waals surface area contributed by atoms with Gasteiger partial charge in [-0.25, -0.2) is 0 Å². The summed E-state index contributed by atoms with van der Waals surface area (Å²) < 4.78 is 1.22. The molecular formula is C16H22BrN3. The second-order valence-corrected chi connectivity index (χ2v) is 6.86. The lowest BCUT2D eigenvalue weighted by Gasteiger charge is -2.20. The van der Waals surface area contributed by atoms with E-state index in [1.807, 2.05) is 7.05 Å². The summed E-state index contributed by atoms with van der Waals surface area (Å²) in [5.41, 5.74) is 1.71. The van der Waals surface area contributed by atoms with Gasteiger partial charge in [0.15, 0.2) is 5.96 Å². The van der Waals surface area contributed by atoms with E-state index in [1.165, 1.54) is 35.7 Å². The zero-order valence-electron chi connectivity index (χ0n) is 12.0. The molecule has 2 fully saturated rings. The number of hydrogen-bond acceptors (Lipinski definition) is 1. The fraction of sp³-hybridized carbons (Fsp3) is 0.562. The molecule has 0 atom stereocenters.